The summed E-state index contributed by atoms with van der Waals surface area (Å²) in [6, 6.07) is 10.7. The van der Waals surface area contributed by atoms with Crippen LogP contribution in [0.4, 0.5) is 4.79 Å². The molecule has 0 aromatic heterocycles. The second-order valence-electron chi connectivity index (χ2n) is 7.38. The number of allylic oxidation sites excluding steroid dienone is 2. The summed E-state index contributed by atoms with van der Waals surface area (Å²) in [6.07, 6.45) is 6.04. The van der Waals surface area contributed by atoms with Gasteiger partial charge in [-0.25, -0.2) is 4.79 Å². The summed E-state index contributed by atoms with van der Waals surface area (Å²) < 4.78 is 0. The van der Waals surface area contributed by atoms with Gasteiger partial charge in [-0.05, 0) is 23.5 Å². The minimum atomic E-state index is -0.0858. The second kappa shape index (κ2) is 5.48. The smallest absolute Gasteiger partial charge is 0.326 e. The Morgan fingerprint density at radius 3 is 2.84 bits per heavy atom. The molecule has 3 atom stereocenters. The molecule has 1 aromatic rings. The van der Waals surface area contributed by atoms with E-state index in [9.17, 15) is 4.79 Å². The van der Waals surface area contributed by atoms with Crippen LogP contribution in [0.5, 0.6) is 0 Å². The molecule has 128 valence electrons. The van der Waals surface area contributed by atoms with Gasteiger partial charge in [-0.15, -0.1) is 0 Å². The minimum absolute atomic E-state index is 0.0758. The van der Waals surface area contributed by atoms with Crippen LogP contribution in [0.25, 0.3) is 5.57 Å². The zero-order chi connectivity index (χ0) is 17.0. The van der Waals surface area contributed by atoms with Gasteiger partial charge in [0, 0.05) is 25.1 Å². The van der Waals surface area contributed by atoms with Crippen molar-refractivity contribution in [1.82, 2.24) is 9.80 Å². The molecule has 0 N–H and O–H groups in total. The molecule has 0 radical (unpaired) electrons. The molecule has 1 aromatic carbocycles. The quantitative estimate of drug-likeness (QED) is 0.791. The van der Waals surface area contributed by atoms with Crippen LogP contribution in [0.2, 0.25) is 0 Å². The lowest BCUT2D eigenvalue weighted by molar-refractivity contribution is 0.105. The summed E-state index contributed by atoms with van der Waals surface area (Å²) in [4.78, 5) is 22.4. The van der Waals surface area contributed by atoms with Gasteiger partial charge >= 0.3 is 6.03 Å². The van der Waals surface area contributed by atoms with Gasteiger partial charge in [-0.2, -0.15) is 0 Å². The minimum Gasteiger partial charge on any atom is -0.385 e. The van der Waals surface area contributed by atoms with Gasteiger partial charge in [0.25, 0.3) is 0 Å². The summed E-state index contributed by atoms with van der Waals surface area (Å²) in [5.41, 5.74) is 3.30. The molecule has 25 heavy (non-hydrogen) atoms. The third-order valence-corrected chi connectivity index (χ3v) is 5.59. The average molecular weight is 335 g/mol. The number of hydrogen-bond acceptors (Lipinski definition) is 3. The number of hydrogen-bond donors (Lipinski definition) is 0. The van der Waals surface area contributed by atoms with Crippen LogP contribution in [0, 0.1) is 5.92 Å². The first-order valence-corrected chi connectivity index (χ1v) is 9.01. The second-order valence-corrected chi connectivity index (χ2v) is 7.38. The van der Waals surface area contributed by atoms with Crippen LogP contribution >= 0.6 is 0 Å². The molecule has 5 nitrogen and oxygen atoms in total. The predicted molar refractivity (Wildman–Crippen MR) is 95.8 cm³/mol. The third-order valence-electron chi connectivity index (χ3n) is 5.59. The highest BCUT2D eigenvalue weighted by molar-refractivity contribution is 6.14. The van der Waals surface area contributed by atoms with E-state index >= 15 is 0 Å². The number of urea groups is 1. The Morgan fingerprint density at radius 2 is 2.04 bits per heavy atom. The fourth-order valence-electron chi connectivity index (χ4n) is 4.46. The van der Waals surface area contributed by atoms with Crippen molar-refractivity contribution >= 4 is 17.4 Å². The Balaban J connectivity index is 1.53. The zero-order valence-electron chi connectivity index (χ0n) is 14.3. The molecular weight excluding hydrogens is 314 g/mol. The summed E-state index contributed by atoms with van der Waals surface area (Å²) in [6.45, 7) is 3.78. The number of benzene rings is 1. The van der Waals surface area contributed by atoms with E-state index in [1.54, 1.807) is 0 Å². The number of fused-ring (bicyclic) bond motifs is 2. The van der Waals surface area contributed by atoms with Crippen molar-refractivity contribution in [2.45, 2.75) is 31.9 Å². The Kier molecular flexibility index (Phi) is 3.23. The zero-order valence-corrected chi connectivity index (χ0v) is 14.3. The summed E-state index contributed by atoms with van der Waals surface area (Å²) >= 11 is 0. The maximum absolute atomic E-state index is 12.9. The lowest BCUT2D eigenvalue weighted by Gasteiger charge is -2.22. The average Bonchev–Trinajstić information content (AvgIpc) is 3.29. The van der Waals surface area contributed by atoms with Crippen LogP contribution in [-0.2, 0) is 4.84 Å². The van der Waals surface area contributed by atoms with Crippen molar-refractivity contribution in [3.8, 4) is 0 Å². The highest BCUT2D eigenvalue weighted by Crippen LogP contribution is 2.38. The summed E-state index contributed by atoms with van der Waals surface area (Å²) in [5, 5.41) is 4.33. The van der Waals surface area contributed by atoms with E-state index in [2.05, 4.69) is 36.4 Å². The van der Waals surface area contributed by atoms with Crippen molar-refractivity contribution in [3.05, 3.63) is 53.6 Å². The van der Waals surface area contributed by atoms with Crippen molar-refractivity contribution in [2.24, 2.45) is 11.1 Å². The van der Waals surface area contributed by atoms with Crippen molar-refractivity contribution in [2.75, 3.05) is 13.1 Å². The number of carbonyl (C=O) groups excluding carboxylic acids is 1. The van der Waals surface area contributed by atoms with Crippen LogP contribution in [0.15, 0.2) is 53.2 Å². The van der Waals surface area contributed by atoms with Crippen molar-refractivity contribution in [3.63, 3.8) is 0 Å². The molecule has 5 heteroatoms. The monoisotopic (exact) mass is 335 g/mol. The van der Waals surface area contributed by atoms with Gasteiger partial charge in [0.2, 0.25) is 0 Å². The SMILES string of the molecule is C[C@H]1C[C@H]2CN(C3=NOC4CC=CC(c5ccccc5)=C34)C(=O)N2C1. The van der Waals surface area contributed by atoms with E-state index in [1.807, 2.05) is 28.0 Å². The van der Waals surface area contributed by atoms with Gasteiger partial charge in [0.1, 0.15) is 0 Å². The first-order chi connectivity index (χ1) is 12.2. The first kappa shape index (κ1) is 14.8. The first-order valence-electron chi connectivity index (χ1n) is 9.01. The van der Waals surface area contributed by atoms with E-state index in [0.717, 1.165) is 36.1 Å². The van der Waals surface area contributed by atoms with Crippen molar-refractivity contribution in [1.29, 1.82) is 0 Å². The summed E-state index contributed by atoms with van der Waals surface area (Å²) in [5.74, 6) is 1.29. The molecule has 2 amide bonds. The number of carbonyl (C=O) groups is 1. The lowest BCUT2D eigenvalue weighted by atomic mass is 9.89. The number of amides is 2. The predicted octanol–water partition coefficient (Wildman–Crippen LogP) is 3.26. The molecule has 0 saturated carbocycles. The Bertz CT molecular complexity index is 811. The number of amidine groups is 1. The largest absolute Gasteiger partial charge is 0.385 e. The Morgan fingerprint density at radius 1 is 1.20 bits per heavy atom. The molecule has 1 aliphatic carbocycles. The van der Waals surface area contributed by atoms with Gasteiger partial charge in [0.05, 0.1) is 6.04 Å². The molecule has 3 heterocycles. The van der Waals surface area contributed by atoms with Gasteiger partial charge in [0.15, 0.2) is 11.9 Å². The lowest BCUT2D eigenvalue weighted by Crippen LogP contribution is -2.38. The number of rotatable bonds is 1. The fraction of sp³-hybridized carbons (Fsp3) is 0.400. The van der Waals surface area contributed by atoms with Crippen LogP contribution < -0.4 is 0 Å². The van der Waals surface area contributed by atoms with Crippen molar-refractivity contribution < 1.29 is 9.63 Å². The molecule has 1 unspecified atom stereocenters. The summed E-state index contributed by atoms with van der Waals surface area (Å²) in [7, 11) is 0. The Hall–Kier alpha value is -2.56. The topological polar surface area (TPSA) is 45.1 Å². The molecule has 5 rings (SSSR count). The molecule has 0 bridgehead atoms. The highest BCUT2D eigenvalue weighted by Gasteiger charge is 2.47. The van der Waals surface area contributed by atoms with Crippen LogP contribution in [-0.4, -0.2) is 46.9 Å². The van der Waals surface area contributed by atoms with Gasteiger partial charge in [-0.1, -0.05) is 54.6 Å². The third kappa shape index (κ3) is 2.22. The highest BCUT2D eigenvalue weighted by atomic mass is 16.6. The standard InChI is InChI=1S/C20H21N3O2/c1-13-10-15-12-23(20(24)22(15)11-13)19-18-16(14-6-3-2-4-7-14)8-5-9-17(18)25-21-19/h2-8,13,15,17H,9-12H2,1H3/t13-,15-,17?/m0/s1. The molecule has 3 aliphatic heterocycles. The van der Waals surface area contributed by atoms with E-state index in [1.165, 1.54) is 0 Å². The molecule has 2 fully saturated rings. The molecule has 2 saturated heterocycles. The van der Waals surface area contributed by atoms with Crippen LogP contribution in [0.1, 0.15) is 25.3 Å². The molecule has 0 spiro atoms. The fourth-order valence-corrected chi connectivity index (χ4v) is 4.46. The number of nitrogens with zero attached hydrogens (tertiary/aromatic N) is 3. The Labute approximate surface area is 147 Å². The molecule has 4 aliphatic rings. The van der Waals surface area contributed by atoms with Gasteiger partial charge in [-0.3, -0.25) is 4.90 Å². The normalized spacial score (nSPS) is 30.5. The van der Waals surface area contributed by atoms with Crippen LogP contribution in [0.3, 0.4) is 0 Å². The van der Waals surface area contributed by atoms with E-state index in [0.29, 0.717) is 24.3 Å². The van der Waals surface area contributed by atoms with Gasteiger partial charge < -0.3 is 9.74 Å². The molecular formula is C20H21N3O2. The van der Waals surface area contributed by atoms with E-state index in [4.69, 9.17) is 4.84 Å². The number of oxime groups is 1. The maximum atomic E-state index is 12.9. The van der Waals surface area contributed by atoms with E-state index < -0.39 is 0 Å². The van der Waals surface area contributed by atoms with E-state index in [-0.39, 0.29) is 12.1 Å². The maximum Gasteiger partial charge on any atom is 0.326 e.